The molecule has 2 aliphatic rings. The molecule has 2 N–H and O–H groups in total. The summed E-state index contributed by atoms with van der Waals surface area (Å²) in [6, 6.07) is 3.24. The number of nitrogens with two attached hydrogens (primary N) is 1. The van der Waals surface area contributed by atoms with Gasteiger partial charge in [-0.15, -0.1) is 0 Å². The van der Waals surface area contributed by atoms with Crippen molar-refractivity contribution in [2.45, 2.75) is 30.6 Å². The zero-order chi connectivity index (χ0) is 16.4. The first-order valence-corrected chi connectivity index (χ1v) is 9.43. The summed E-state index contributed by atoms with van der Waals surface area (Å²) in [7, 11) is -3.55. The van der Waals surface area contributed by atoms with E-state index in [9.17, 15) is 13.2 Å². The number of carbonyl (C=O) groups excluding carboxylic acids is 1. The number of aromatic nitrogens is 1. The first-order valence-electron chi connectivity index (χ1n) is 7.99. The van der Waals surface area contributed by atoms with Crippen molar-refractivity contribution in [1.29, 1.82) is 0 Å². The number of hydrogen-bond donors (Lipinski definition) is 1. The molecular formula is C15H22N4O3S. The average molecular weight is 338 g/mol. The van der Waals surface area contributed by atoms with Crippen molar-refractivity contribution in [3.8, 4) is 0 Å². The second-order valence-electron chi connectivity index (χ2n) is 6.12. The van der Waals surface area contributed by atoms with Gasteiger partial charge in [0, 0.05) is 32.4 Å². The second kappa shape index (κ2) is 6.45. The molecule has 0 aromatic carbocycles. The van der Waals surface area contributed by atoms with Crippen LogP contribution in [-0.2, 0) is 14.8 Å². The molecule has 126 valence electrons. The molecule has 1 aromatic rings. The van der Waals surface area contributed by atoms with Crippen LogP contribution in [0.2, 0.25) is 0 Å². The standard InChI is InChI=1S/C15H22N4O3S/c16-14(20)12-6-10-18(11-12)15-13(5-4-7-17-15)23(21,22)19-8-2-1-3-9-19/h4-5,7,12H,1-3,6,8-11H2,(H2,16,20)/t12-/m0/s1. The quantitative estimate of drug-likeness (QED) is 0.865. The van der Waals surface area contributed by atoms with Gasteiger partial charge in [-0.05, 0) is 31.4 Å². The number of hydrogen-bond acceptors (Lipinski definition) is 5. The lowest BCUT2D eigenvalue weighted by Gasteiger charge is -2.28. The minimum atomic E-state index is -3.55. The highest BCUT2D eigenvalue weighted by molar-refractivity contribution is 7.89. The highest BCUT2D eigenvalue weighted by Gasteiger charge is 2.34. The summed E-state index contributed by atoms with van der Waals surface area (Å²) in [5, 5.41) is 0. The number of carbonyl (C=O) groups is 1. The molecule has 1 atom stereocenters. The van der Waals surface area contributed by atoms with Gasteiger partial charge in [-0.3, -0.25) is 4.79 Å². The summed E-state index contributed by atoms with van der Waals surface area (Å²) in [4.78, 5) is 17.7. The summed E-state index contributed by atoms with van der Waals surface area (Å²) in [6.07, 6.45) is 5.07. The van der Waals surface area contributed by atoms with Crippen LogP contribution in [0.4, 0.5) is 5.82 Å². The minimum absolute atomic E-state index is 0.229. The minimum Gasteiger partial charge on any atom is -0.369 e. The third kappa shape index (κ3) is 3.18. The van der Waals surface area contributed by atoms with Crippen molar-refractivity contribution in [3.63, 3.8) is 0 Å². The van der Waals surface area contributed by atoms with Crippen LogP contribution in [0, 0.1) is 5.92 Å². The van der Waals surface area contributed by atoms with Gasteiger partial charge in [-0.1, -0.05) is 6.42 Å². The Labute approximate surface area is 136 Å². The van der Waals surface area contributed by atoms with Crippen LogP contribution in [0.3, 0.4) is 0 Å². The summed E-state index contributed by atoms with van der Waals surface area (Å²) in [5.41, 5.74) is 5.37. The smallest absolute Gasteiger partial charge is 0.246 e. The zero-order valence-electron chi connectivity index (χ0n) is 13.0. The molecule has 0 saturated carbocycles. The number of nitrogens with zero attached hydrogens (tertiary/aromatic N) is 3. The van der Waals surface area contributed by atoms with E-state index in [0.29, 0.717) is 38.4 Å². The third-order valence-corrected chi connectivity index (χ3v) is 6.49. The number of rotatable bonds is 4. The number of pyridine rings is 1. The lowest BCUT2D eigenvalue weighted by atomic mass is 10.1. The molecular weight excluding hydrogens is 316 g/mol. The SMILES string of the molecule is NC(=O)[C@H]1CCN(c2ncccc2S(=O)(=O)N2CCCCC2)C1. The summed E-state index contributed by atoms with van der Waals surface area (Å²) < 4.78 is 27.4. The van der Waals surface area contributed by atoms with Crippen LogP contribution in [0.25, 0.3) is 0 Å². The van der Waals surface area contributed by atoms with Gasteiger partial charge in [0.2, 0.25) is 15.9 Å². The Morgan fingerprint density at radius 1 is 1.22 bits per heavy atom. The molecule has 0 aliphatic carbocycles. The molecule has 8 heteroatoms. The third-order valence-electron chi connectivity index (χ3n) is 4.57. The van der Waals surface area contributed by atoms with E-state index in [2.05, 4.69) is 4.98 Å². The molecule has 23 heavy (non-hydrogen) atoms. The van der Waals surface area contributed by atoms with E-state index >= 15 is 0 Å². The fourth-order valence-electron chi connectivity index (χ4n) is 3.25. The molecule has 2 fully saturated rings. The number of piperidine rings is 1. The van der Waals surface area contributed by atoms with Gasteiger partial charge in [0.1, 0.15) is 10.7 Å². The van der Waals surface area contributed by atoms with Gasteiger partial charge in [-0.25, -0.2) is 13.4 Å². The first-order chi connectivity index (χ1) is 11.0. The van der Waals surface area contributed by atoms with Gasteiger partial charge < -0.3 is 10.6 Å². The Morgan fingerprint density at radius 2 is 1.96 bits per heavy atom. The molecule has 1 aromatic heterocycles. The molecule has 7 nitrogen and oxygen atoms in total. The van der Waals surface area contributed by atoms with Gasteiger partial charge >= 0.3 is 0 Å². The van der Waals surface area contributed by atoms with Crippen molar-refractivity contribution >= 4 is 21.7 Å². The van der Waals surface area contributed by atoms with Crippen LogP contribution in [0.5, 0.6) is 0 Å². The topological polar surface area (TPSA) is 96.6 Å². The summed E-state index contributed by atoms with van der Waals surface area (Å²) >= 11 is 0. The zero-order valence-corrected chi connectivity index (χ0v) is 13.8. The first kappa shape index (κ1) is 16.2. The molecule has 2 saturated heterocycles. The fraction of sp³-hybridized carbons (Fsp3) is 0.600. The van der Waals surface area contributed by atoms with Gasteiger partial charge in [-0.2, -0.15) is 4.31 Å². The summed E-state index contributed by atoms with van der Waals surface area (Å²) in [5.74, 6) is -0.159. The monoisotopic (exact) mass is 338 g/mol. The molecule has 0 spiro atoms. The van der Waals surface area contributed by atoms with E-state index in [1.807, 2.05) is 4.90 Å². The lowest BCUT2D eigenvalue weighted by Crippen LogP contribution is -2.37. The predicted octanol–water partition coefficient (Wildman–Crippen LogP) is 0.568. The van der Waals surface area contributed by atoms with Crippen molar-refractivity contribution in [2.24, 2.45) is 11.7 Å². The van der Waals surface area contributed by atoms with Crippen molar-refractivity contribution < 1.29 is 13.2 Å². The second-order valence-corrected chi connectivity index (χ2v) is 8.03. The highest BCUT2D eigenvalue weighted by atomic mass is 32.2. The molecule has 0 radical (unpaired) electrons. The Hall–Kier alpha value is -1.67. The van der Waals surface area contributed by atoms with Crippen molar-refractivity contribution in [1.82, 2.24) is 9.29 Å². The van der Waals surface area contributed by atoms with E-state index < -0.39 is 10.0 Å². The number of sulfonamides is 1. The highest BCUT2D eigenvalue weighted by Crippen LogP contribution is 2.30. The van der Waals surface area contributed by atoms with Crippen LogP contribution < -0.4 is 10.6 Å². The summed E-state index contributed by atoms with van der Waals surface area (Å²) in [6.45, 7) is 2.13. The lowest BCUT2D eigenvalue weighted by molar-refractivity contribution is -0.121. The average Bonchev–Trinajstić information content (AvgIpc) is 3.06. The molecule has 0 bridgehead atoms. The molecule has 0 unspecified atom stereocenters. The Morgan fingerprint density at radius 3 is 2.61 bits per heavy atom. The van der Waals surface area contributed by atoms with E-state index in [1.165, 1.54) is 0 Å². The van der Waals surface area contributed by atoms with E-state index in [4.69, 9.17) is 5.73 Å². The predicted molar refractivity (Wildman–Crippen MR) is 86.4 cm³/mol. The van der Waals surface area contributed by atoms with Gasteiger partial charge in [0.15, 0.2) is 0 Å². The maximum atomic E-state index is 12.9. The Kier molecular flexibility index (Phi) is 4.54. The molecule has 3 heterocycles. The fourth-order valence-corrected chi connectivity index (χ4v) is 4.93. The molecule has 1 amide bonds. The Bertz CT molecular complexity index is 686. The van der Waals surface area contributed by atoms with E-state index in [1.54, 1.807) is 22.6 Å². The normalized spacial score (nSPS) is 23.1. The van der Waals surface area contributed by atoms with Crippen molar-refractivity contribution in [2.75, 3.05) is 31.1 Å². The largest absolute Gasteiger partial charge is 0.369 e. The molecule has 3 rings (SSSR count). The van der Waals surface area contributed by atoms with Gasteiger partial charge in [0.25, 0.3) is 0 Å². The van der Waals surface area contributed by atoms with Crippen molar-refractivity contribution in [3.05, 3.63) is 18.3 Å². The van der Waals surface area contributed by atoms with Crippen LogP contribution in [-0.4, -0.2) is 49.8 Å². The maximum absolute atomic E-state index is 12.9. The van der Waals surface area contributed by atoms with Crippen LogP contribution >= 0.6 is 0 Å². The van der Waals surface area contributed by atoms with Crippen LogP contribution in [0.1, 0.15) is 25.7 Å². The maximum Gasteiger partial charge on any atom is 0.246 e. The van der Waals surface area contributed by atoms with Crippen LogP contribution in [0.15, 0.2) is 23.2 Å². The molecule has 2 aliphatic heterocycles. The number of primary amides is 1. The number of anilines is 1. The van der Waals surface area contributed by atoms with E-state index in [0.717, 1.165) is 19.3 Å². The van der Waals surface area contributed by atoms with Gasteiger partial charge in [0.05, 0.1) is 5.92 Å². The Balaban J connectivity index is 1.90. The van der Waals surface area contributed by atoms with E-state index in [-0.39, 0.29) is 16.7 Å². The number of amides is 1.